The Labute approximate surface area is 117 Å². The predicted molar refractivity (Wildman–Crippen MR) is 74.2 cm³/mol. The fourth-order valence-electron chi connectivity index (χ4n) is 1.40. The van der Waals surface area contributed by atoms with E-state index in [2.05, 4.69) is 10.1 Å². The average molecular weight is 285 g/mol. The third kappa shape index (κ3) is 3.94. The van der Waals surface area contributed by atoms with Gasteiger partial charge in [-0.15, -0.1) is 0 Å². The van der Waals surface area contributed by atoms with Crippen LogP contribution in [-0.2, 0) is 9.53 Å². The first-order chi connectivity index (χ1) is 8.86. The molecule has 5 nitrogen and oxygen atoms in total. The van der Waals surface area contributed by atoms with Gasteiger partial charge in [0.05, 0.1) is 23.7 Å². The Balaban J connectivity index is 2.91. The normalized spacial score (nSPS) is 12.1. The summed E-state index contributed by atoms with van der Waals surface area (Å²) in [5.74, 6) is -0.852. The van der Waals surface area contributed by atoms with E-state index in [9.17, 15) is 9.59 Å². The minimum Gasteiger partial charge on any atom is -0.465 e. The number of amides is 1. The number of halogens is 1. The van der Waals surface area contributed by atoms with Crippen LogP contribution >= 0.6 is 11.6 Å². The highest BCUT2D eigenvalue weighted by molar-refractivity contribution is 6.33. The standard InChI is InChI=1S/C13H17ClN2O3/c1-7(2)11(15)12(17)16-8-4-5-10(14)9(6-8)13(18)19-3/h4-7,11H,15H2,1-3H3,(H,16,17). The second-order valence-corrected chi connectivity index (χ2v) is 4.85. The second-order valence-electron chi connectivity index (χ2n) is 4.45. The Morgan fingerprint density at radius 2 is 2.00 bits per heavy atom. The molecular weight excluding hydrogens is 268 g/mol. The number of methoxy groups -OCH3 is 1. The number of esters is 1. The minimum atomic E-state index is -0.614. The summed E-state index contributed by atoms with van der Waals surface area (Å²) in [7, 11) is 1.26. The van der Waals surface area contributed by atoms with Crippen molar-refractivity contribution in [1.82, 2.24) is 0 Å². The van der Waals surface area contributed by atoms with E-state index in [4.69, 9.17) is 17.3 Å². The fourth-order valence-corrected chi connectivity index (χ4v) is 1.59. The highest BCUT2D eigenvalue weighted by atomic mass is 35.5. The third-order valence-electron chi connectivity index (χ3n) is 2.66. The minimum absolute atomic E-state index is 0.0207. The lowest BCUT2D eigenvalue weighted by atomic mass is 10.0. The number of anilines is 1. The Kier molecular flexibility index (Phi) is 5.32. The Bertz CT molecular complexity index is 489. The predicted octanol–water partition coefficient (Wildman–Crippen LogP) is 2.05. The van der Waals surface area contributed by atoms with Crippen molar-refractivity contribution in [2.45, 2.75) is 19.9 Å². The van der Waals surface area contributed by atoms with E-state index < -0.39 is 12.0 Å². The molecule has 0 saturated carbocycles. The van der Waals surface area contributed by atoms with E-state index in [0.717, 1.165) is 0 Å². The summed E-state index contributed by atoms with van der Waals surface area (Å²) in [5.41, 5.74) is 6.38. The van der Waals surface area contributed by atoms with Gasteiger partial charge in [0.25, 0.3) is 0 Å². The summed E-state index contributed by atoms with van der Waals surface area (Å²) in [4.78, 5) is 23.3. The first-order valence-corrected chi connectivity index (χ1v) is 6.19. The number of hydrogen-bond acceptors (Lipinski definition) is 4. The SMILES string of the molecule is COC(=O)c1cc(NC(=O)C(N)C(C)C)ccc1Cl. The molecule has 1 rings (SSSR count). The number of nitrogens with two attached hydrogens (primary N) is 1. The zero-order valence-corrected chi connectivity index (χ0v) is 11.8. The number of ether oxygens (including phenoxy) is 1. The van der Waals surface area contributed by atoms with Gasteiger partial charge in [-0.05, 0) is 24.1 Å². The smallest absolute Gasteiger partial charge is 0.339 e. The molecule has 3 N–H and O–H groups in total. The molecule has 0 saturated heterocycles. The van der Waals surface area contributed by atoms with Gasteiger partial charge in [0.15, 0.2) is 0 Å². The largest absolute Gasteiger partial charge is 0.465 e. The van der Waals surface area contributed by atoms with Crippen molar-refractivity contribution in [2.75, 3.05) is 12.4 Å². The molecule has 6 heteroatoms. The van der Waals surface area contributed by atoms with E-state index in [-0.39, 0.29) is 22.4 Å². The topological polar surface area (TPSA) is 81.4 Å². The van der Waals surface area contributed by atoms with Gasteiger partial charge in [0, 0.05) is 5.69 Å². The van der Waals surface area contributed by atoms with Crippen molar-refractivity contribution in [3.63, 3.8) is 0 Å². The van der Waals surface area contributed by atoms with Gasteiger partial charge in [-0.2, -0.15) is 0 Å². The molecule has 0 aliphatic rings. The first kappa shape index (κ1) is 15.5. The van der Waals surface area contributed by atoms with Crippen LogP contribution < -0.4 is 11.1 Å². The van der Waals surface area contributed by atoms with Crippen molar-refractivity contribution in [1.29, 1.82) is 0 Å². The molecule has 0 heterocycles. The van der Waals surface area contributed by atoms with Crippen molar-refractivity contribution in [2.24, 2.45) is 11.7 Å². The number of benzene rings is 1. The van der Waals surface area contributed by atoms with Crippen LogP contribution in [0.25, 0.3) is 0 Å². The van der Waals surface area contributed by atoms with E-state index in [1.807, 2.05) is 13.8 Å². The van der Waals surface area contributed by atoms with Gasteiger partial charge in [-0.3, -0.25) is 4.79 Å². The lowest BCUT2D eigenvalue weighted by Crippen LogP contribution is -2.39. The van der Waals surface area contributed by atoms with Gasteiger partial charge < -0.3 is 15.8 Å². The van der Waals surface area contributed by atoms with Gasteiger partial charge in [0.1, 0.15) is 0 Å². The van der Waals surface area contributed by atoms with Crippen LogP contribution in [0.15, 0.2) is 18.2 Å². The van der Waals surface area contributed by atoms with Crippen molar-refractivity contribution >= 4 is 29.2 Å². The molecule has 0 aliphatic heterocycles. The van der Waals surface area contributed by atoms with Crippen LogP contribution in [0.5, 0.6) is 0 Å². The number of nitrogens with one attached hydrogen (secondary N) is 1. The summed E-state index contributed by atoms with van der Waals surface area (Å²) in [5, 5.41) is 2.90. The van der Waals surface area contributed by atoms with Crippen LogP contribution in [0.3, 0.4) is 0 Å². The van der Waals surface area contributed by atoms with Crippen LogP contribution in [0.4, 0.5) is 5.69 Å². The molecule has 0 aromatic heterocycles. The van der Waals surface area contributed by atoms with Crippen molar-refractivity contribution in [3.8, 4) is 0 Å². The molecule has 0 bridgehead atoms. The van der Waals surface area contributed by atoms with E-state index in [1.165, 1.54) is 19.2 Å². The van der Waals surface area contributed by atoms with Crippen LogP contribution in [0, 0.1) is 5.92 Å². The summed E-state index contributed by atoms with van der Waals surface area (Å²) < 4.78 is 4.60. The highest BCUT2D eigenvalue weighted by Gasteiger charge is 2.18. The van der Waals surface area contributed by atoms with Crippen LogP contribution in [0.1, 0.15) is 24.2 Å². The third-order valence-corrected chi connectivity index (χ3v) is 2.99. The van der Waals surface area contributed by atoms with Gasteiger partial charge >= 0.3 is 5.97 Å². The summed E-state index contributed by atoms with van der Waals surface area (Å²) in [6.07, 6.45) is 0. The van der Waals surface area contributed by atoms with Crippen molar-refractivity contribution < 1.29 is 14.3 Å². The molecule has 0 aliphatic carbocycles. The molecule has 1 unspecified atom stereocenters. The van der Waals surface area contributed by atoms with Gasteiger partial charge in [-0.25, -0.2) is 4.79 Å². The fraction of sp³-hybridized carbons (Fsp3) is 0.385. The molecule has 0 fully saturated rings. The Morgan fingerprint density at radius 1 is 1.37 bits per heavy atom. The van der Waals surface area contributed by atoms with Gasteiger partial charge in [-0.1, -0.05) is 25.4 Å². The molecule has 1 amide bonds. The van der Waals surface area contributed by atoms with Crippen LogP contribution in [-0.4, -0.2) is 25.0 Å². The number of carbonyl (C=O) groups excluding carboxylic acids is 2. The molecule has 0 radical (unpaired) electrons. The second kappa shape index (κ2) is 6.54. The first-order valence-electron chi connectivity index (χ1n) is 5.81. The number of carbonyl (C=O) groups is 2. The molecule has 1 aromatic rings. The van der Waals surface area contributed by atoms with Gasteiger partial charge in [0.2, 0.25) is 5.91 Å². The van der Waals surface area contributed by atoms with E-state index in [0.29, 0.717) is 5.69 Å². The Morgan fingerprint density at radius 3 is 2.53 bits per heavy atom. The number of hydrogen-bond donors (Lipinski definition) is 2. The molecule has 104 valence electrons. The maximum Gasteiger partial charge on any atom is 0.339 e. The van der Waals surface area contributed by atoms with Crippen molar-refractivity contribution in [3.05, 3.63) is 28.8 Å². The number of rotatable bonds is 4. The highest BCUT2D eigenvalue weighted by Crippen LogP contribution is 2.21. The molecular formula is C13H17ClN2O3. The summed E-state index contributed by atoms with van der Waals surface area (Å²) in [6.45, 7) is 3.71. The molecule has 0 spiro atoms. The zero-order chi connectivity index (χ0) is 14.6. The average Bonchev–Trinajstić information content (AvgIpc) is 2.38. The maximum absolute atomic E-state index is 11.8. The quantitative estimate of drug-likeness (QED) is 0.829. The molecule has 19 heavy (non-hydrogen) atoms. The van der Waals surface area contributed by atoms with Crippen LogP contribution in [0.2, 0.25) is 5.02 Å². The van der Waals surface area contributed by atoms with E-state index in [1.54, 1.807) is 6.07 Å². The van der Waals surface area contributed by atoms with E-state index >= 15 is 0 Å². The lowest BCUT2D eigenvalue weighted by Gasteiger charge is -2.15. The maximum atomic E-state index is 11.8. The monoisotopic (exact) mass is 284 g/mol. The summed E-state index contributed by atoms with van der Waals surface area (Å²) in [6, 6.07) is 3.96. The summed E-state index contributed by atoms with van der Waals surface area (Å²) >= 11 is 5.88. The Hall–Kier alpha value is -1.59. The lowest BCUT2D eigenvalue weighted by molar-refractivity contribution is -0.118. The molecule has 1 atom stereocenters. The molecule has 1 aromatic carbocycles. The zero-order valence-electron chi connectivity index (χ0n) is 11.1.